The zero-order valence-corrected chi connectivity index (χ0v) is 24.1. The number of halogens is 1. The summed E-state index contributed by atoms with van der Waals surface area (Å²) in [4.78, 5) is 20.1. The van der Waals surface area contributed by atoms with Gasteiger partial charge in [0.1, 0.15) is 0 Å². The highest BCUT2D eigenvalue weighted by molar-refractivity contribution is 7.92. The van der Waals surface area contributed by atoms with Crippen LogP contribution in [0.2, 0.25) is 5.02 Å². The summed E-state index contributed by atoms with van der Waals surface area (Å²) in [6.07, 6.45) is 1.16. The molecule has 0 aliphatic carbocycles. The van der Waals surface area contributed by atoms with Crippen LogP contribution in [0.3, 0.4) is 0 Å². The van der Waals surface area contributed by atoms with Crippen LogP contribution in [-0.2, 0) is 10.0 Å². The van der Waals surface area contributed by atoms with Gasteiger partial charge in [-0.05, 0) is 54.6 Å². The predicted molar refractivity (Wildman–Crippen MR) is 161 cm³/mol. The second-order valence-corrected chi connectivity index (χ2v) is 11.9. The average Bonchev–Trinajstić information content (AvgIpc) is 3.36. The van der Waals surface area contributed by atoms with Gasteiger partial charge in [0.05, 0.1) is 58.3 Å². The summed E-state index contributed by atoms with van der Waals surface area (Å²) in [5, 5.41) is 0.669. The maximum absolute atomic E-state index is 13.9. The minimum Gasteiger partial charge on any atom is -0.493 e. The van der Waals surface area contributed by atoms with Crippen LogP contribution in [0, 0.1) is 0 Å². The molecule has 1 heterocycles. The maximum atomic E-state index is 13.9. The number of aromatic nitrogens is 1. The van der Waals surface area contributed by atoms with Crippen molar-refractivity contribution in [2.75, 3.05) is 29.7 Å². The van der Waals surface area contributed by atoms with E-state index in [4.69, 9.17) is 26.1 Å². The highest BCUT2D eigenvalue weighted by Crippen LogP contribution is 2.40. The normalized spacial score (nSPS) is 11.3. The lowest BCUT2D eigenvalue weighted by Gasteiger charge is -2.22. The number of hydrogen-bond acceptors (Lipinski definition) is 7. The molecule has 0 aliphatic heterocycles. The number of ether oxygens (including phenoxy) is 2. The molecule has 0 N–H and O–H groups in total. The second-order valence-electron chi connectivity index (χ2n) is 8.67. The van der Waals surface area contributed by atoms with E-state index >= 15 is 0 Å². The average molecular weight is 594 g/mol. The van der Waals surface area contributed by atoms with E-state index in [1.807, 2.05) is 6.07 Å². The van der Waals surface area contributed by atoms with Gasteiger partial charge in [-0.3, -0.25) is 9.69 Å². The number of carbonyl (C=O) groups excluding carboxylic acids is 1. The van der Waals surface area contributed by atoms with Gasteiger partial charge < -0.3 is 9.47 Å². The van der Waals surface area contributed by atoms with E-state index in [-0.39, 0.29) is 5.91 Å². The fraction of sp³-hybridized carbons (Fsp3) is 0.103. The van der Waals surface area contributed by atoms with Crippen LogP contribution < -0.4 is 18.7 Å². The third-order valence-electron chi connectivity index (χ3n) is 6.04. The Hall–Kier alpha value is -4.12. The molecular weight excluding hydrogens is 570 g/mol. The number of rotatable bonds is 8. The van der Waals surface area contributed by atoms with Crippen LogP contribution >= 0.6 is 22.9 Å². The summed E-state index contributed by atoms with van der Waals surface area (Å²) in [5.41, 5.74) is 2.35. The van der Waals surface area contributed by atoms with Crippen LogP contribution in [0.4, 0.5) is 22.2 Å². The van der Waals surface area contributed by atoms with Gasteiger partial charge in [-0.2, -0.15) is 0 Å². The zero-order chi connectivity index (χ0) is 28.4. The summed E-state index contributed by atoms with van der Waals surface area (Å²) in [6.45, 7) is 0. The molecule has 0 radical (unpaired) electrons. The number of para-hydroxylation sites is 1. The first-order valence-corrected chi connectivity index (χ1v) is 15.0. The standard InChI is InChI=1S/C29H24ClN3O5S2/c1-37-25-16-14-20(17-26(25)38-2)32(28(34)22-11-7-8-12-23(22)30)29-31-24-15-13-21(18-27(24)39-29)33(40(3,35)36)19-9-5-4-6-10-19/h4-18H,1-3H3. The van der Waals surface area contributed by atoms with Crippen molar-refractivity contribution >= 4 is 71.3 Å². The van der Waals surface area contributed by atoms with Crippen molar-refractivity contribution in [2.45, 2.75) is 0 Å². The van der Waals surface area contributed by atoms with Crippen LogP contribution in [-0.4, -0.2) is 39.8 Å². The summed E-state index contributed by atoms with van der Waals surface area (Å²) in [7, 11) is -0.601. The Balaban J connectivity index is 1.66. The van der Waals surface area contributed by atoms with Crippen LogP contribution in [0.25, 0.3) is 10.2 Å². The van der Waals surface area contributed by atoms with E-state index in [1.165, 1.54) is 34.8 Å². The van der Waals surface area contributed by atoms with E-state index in [9.17, 15) is 13.2 Å². The molecule has 0 bridgehead atoms. The number of anilines is 4. The van der Waals surface area contributed by atoms with Crippen LogP contribution in [0.1, 0.15) is 10.4 Å². The van der Waals surface area contributed by atoms with E-state index in [0.29, 0.717) is 54.5 Å². The third-order valence-corrected chi connectivity index (χ3v) is 8.46. The first kappa shape index (κ1) is 27.4. The van der Waals surface area contributed by atoms with Crippen molar-refractivity contribution in [1.29, 1.82) is 0 Å². The van der Waals surface area contributed by atoms with Crippen LogP contribution in [0.15, 0.2) is 91.0 Å². The molecular formula is C29H24ClN3O5S2. The minimum atomic E-state index is -3.65. The first-order valence-electron chi connectivity index (χ1n) is 12.0. The zero-order valence-electron chi connectivity index (χ0n) is 21.7. The number of hydrogen-bond donors (Lipinski definition) is 0. The second kappa shape index (κ2) is 11.2. The van der Waals surface area contributed by atoms with Crippen LogP contribution in [0.5, 0.6) is 11.5 Å². The molecule has 4 aromatic carbocycles. The molecule has 40 heavy (non-hydrogen) atoms. The SMILES string of the molecule is COc1ccc(N(C(=O)c2ccccc2Cl)c2nc3ccc(N(c4ccccc4)S(C)(=O)=O)cc3s2)cc1OC. The lowest BCUT2D eigenvalue weighted by molar-refractivity contribution is 0.0999. The van der Waals surface area contributed by atoms with Gasteiger partial charge in [0.15, 0.2) is 16.6 Å². The van der Waals surface area contributed by atoms with Gasteiger partial charge >= 0.3 is 0 Å². The van der Waals surface area contributed by atoms with Gasteiger partial charge in [0, 0.05) is 6.07 Å². The molecule has 5 aromatic rings. The molecule has 0 saturated heterocycles. The Morgan fingerprint density at radius 2 is 1.50 bits per heavy atom. The number of nitrogens with zero attached hydrogens (tertiary/aromatic N) is 3. The predicted octanol–water partition coefficient (Wildman–Crippen LogP) is 7.04. The molecule has 0 unspecified atom stereocenters. The summed E-state index contributed by atoms with van der Waals surface area (Å²) in [6, 6.07) is 25.9. The quantitative estimate of drug-likeness (QED) is 0.192. The van der Waals surface area contributed by atoms with E-state index in [2.05, 4.69) is 0 Å². The van der Waals surface area contributed by atoms with Gasteiger partial charge in [-0.15, -0.1) is 0 Å². The van der Waals surface area contributed by atoms with E-state index in [1.54, 1.807) is 84.9 Å². The number of carbonyl (C=O) groups is 1. The smallest absolute Gasteiger partial charge is 0.266 e. The van der Waals surface area contributed by atoms with Crippen molar-refractivity contribution in [1.82, 2.24) is 4.98 Å². The summed E-state index contributed by atoms with van der Waals surface area (Å²) < 4.78 is 38.4. The number of benzene rings is 4. The van der Waals surface area contributed by atoms with Crippen molar-refractivity contribution in [3.8, 4) is 11.5 Å². The molecule has 204 valence electrons. The summed E-state index contributed by atoms with van der Waals surface area (Å²) in [5.74, 6) is 0.554. The number of amides is 1. The fourth-order valence-corrected chi connectivity index (χ4v) is 6.49. The molecule has 1 amide bonds. The van der Waals surface area contributed by atoms with Gasteiger partial charge in [0.2, 0.25) is 10.0 Å². The highest BCUT2D eigenvalue weighted by atomic mass is 35.5. The van der Waals surface area contributed by atoms with E-state index < -0.39 is 10.0 Å². The summed E-state index contributed by atoms with van der Waals surface area (Å²) >= 11 is 7.66. The Morgan fingerprint density at radius 1 is 0.825 bits per heavy atom. The van der Waals surface area contributed by atoms with Crippen molar-refractivity contribution in [3.63, 3.8) is 0 Å². The van der Waals surface area contributed by atoms with Gasteiger partial charge in [0.25, 0.3) is 5.91 Å². The van der Waals surface area contributed by atoms with Crippen molar-refractivity contribution < 1.29 is 22.7 Å². The Bertz CT molecular complexity index is 1810. The number of fused-ring (bicyclic) bond motifs is 1. The third kappa shape index (κ3) is 5.33. The molecule has 8 nitrogen and oxygen atoms in total. The Kier molecular flexibility index (Phi) is 7.66. The molecule has 0 atom stereocenters. The number of thiazole rings is 1. The Morgan fingerprint density at radius 3 is 2.17 bits per heavy atom. The molecule has 0 fully saturated rings. The monoisotopic (exact) mass is 593 g/mol. The molecule has 0 aliphatic rings. The number of sulfonamides is 1. The van der Waals surface area contributed by atoms with Gasteiger partial charge in [-0.1, -0.05) is 53.3 Å². The molecule has 0 saturated carbocycles. The topological polar surface area (TPSA) is 89.0 Å². The largest absolute Gasteiger partial charge is 0.493 e. The number of methoxy groups -OCH3 is 2. The lowest BCUT2D eigenvalue weighted by Crippen LogP contribution is -2.26. The molecule has 5 rings (SSSR count). The van der Waals surface area contributed by atoms with Gasteiger partial charge in [-0.25, -0.2) is 17.7 Å². The first-order chi connectivity index (χ1) is 19.2. The fourth-order valence-electron chi connectivity index (χ4n) is 4.25. The minimum absolute atomic E-state index is 0.297. The van der Waals surface area contributed by atoms with Crippen molar-refractivity contribution in [2.24, 2.45) is 0 Å². The maximum Gasteiger partial charge on any atom is 0.266 e. The molecule has 1 aromatic heterocycles. The lowest BCUT2D eigenvalue weighted by atomic mass is 10.1. The van der Waals surface area contributed by atoms with Crippen molar-refractivity contribution in [3.05, 3.63) is 102 Å². The van der Waals surface area contributed by atoms with E-state index in [0.717, 1.165) is 6.26 Å². The Labute approximate surface area is 241 Å². The molecule has 11 heteroatoms. The highest BCUT2D eigenvalue weighted by Gasteiger charge is 2.27. The molecule has 0 spiro atoms.